The van der Waals surface area contributed by atoms with Gasteiger partial charge in [0, 0.05) is 26.2 Å². The van der Waals surface area contributed by atoms with E-state index in [-0.39, 0.29) is 0 Å². The standard InChI is InChI=1S/C22H26N4O3S/c1-17-22(18(2)26(23-17)19-9-5-4-6-10-19)30(27,28)25-15-13-24(14-16-25)20-11-7-8-12-21(20)29-3/h4-12H,13-16H2,1-3H3. The lowest BCUT2D eigenvalue weighted by Gasteiger charge is -2.35. The van der Waals surface area contributed by atoms with E-state index in [1.54, 1.807) is 23.0 Å². The Morgan fingerprint density at radius 3 is 2.20 bits per heavy atom. The molecule has 1 fully saturated rings. The number of aromatic nitrogens is 2. The molecule has 0 saturated carbocycles. The number of benzene rings is 2. The smallest absolute Gasteiger partial charge is 0.246 e. The Morgan fingerprint density at radius 2 is 1.53 bits per heavy atom. The molecule has 4 rings (SSSR count). The third-order valence-electron chi connectivity index (χ3n) is 5.49. The van der Waals surface area contributed by atoms with Crippen molar-refractivity contribution in [2.24, 2.45) is 0 Å². The van der Waals surface area contributed by atoms with Gasteiger partial charge in [0.05, 0.1) is 29.9 Å². The molecule has 0 bridgehead atoms. The highest BCUT2D eigenvalue weighted by Gasteiger charge is 2.33. The summed E-state index contributed by atoms with van der Waals surface area (Å²) in [6.45, 7) is 5.59. The summed E-state index contributed by atoms with van der Waals surface area (Å²) in [7, 11) is -1.99. The Labute approximate surface area is 177 Å². The van der Waals surface area contributed by atoms with Gasteiger partial charge in [-0.2, -0.15) is 9.40 Å². The molecule has 0 N–H and O–H groups in total. The first kappa shape index (κ1) is 20.4. The van der Waals surface area contributed by atoms with Crippen LogP contribution < -0.4 is 9.64 Å². The molecule has 0 unspecified atom stereocenters. The summed E-state index contributed by atoms with van der Waals surface area (Å²) in [5.41, 5.74) is 2.98. The highest BCUT2D eigenvalue weighted by molar-refractivity contribution is 7.89. The third-order valence-corrected chi connectivity index (χ3v) is 7.64. The molecule has 1 saturated heterocycles. The quantitative estimate of drug-likeness (QED) is 0.627. The summed E-state index contributed by atoms with van der Waals surface area (Å²) >= 11 is 0. The van der Waals surface area contributed by atoms with Crippen molar-refractivity contribution in [3.8, 4) is 11.4 Å². The van der Waals surface area contributed by atoms with Crippen LogP contribution in [0.15, 0.2) is 59.5 Å². The zero-order valence-electron chi connectivity index (χ0n) is 17.4. The van der Waals surface area contributed by atoms with Crippen molar-refractivity contribution in [1.29, 1.82) is 0 Å². The summed E-state index contributed by atoms with van der Waals surface area (Å²) in [4.78, 5) is 2.47. The topological polar surface area (TPSA) is 67.7 Å². The van der Waals surface area contributed by atoms with Crippen LogP contribution in [-0.2, 0) is 10.0 Å². The largest absolute Gasteiger partial charge is 0.495 e. The first-order valence-electron chi connectivity index (χ1n) is 9.93. The van der Waals surface area contributed by atoms with Gasteiger partial charge >= 0.3 is 0 Å². The van der Waals surface area contributed by atoms with Gasteiger partial charge in [0.15, 0.2) is 0 Å². The van der Waals surface area contributed by atoms with Gasteiger partial charge in [-0.15, -0.1) is 0 Å². The van der Waals surface area contributed by atoms with E-state index in [2.05, 4.69) is 10.00 Å². The van der Waals surface area contributed by atoms with Crippen molar-refractivity contribution >= 4 is 15.7 Å². The van der Waals surface area contributed by atoms with Gasteiger partial charge in [-0.25, -0.2) is 13.1 Å². The molecule has 2 heterocycles. The molecule has 1 aromatic heterocycles. The minimum Gasteiger partial charge on any atom is -0.495 e. The van der Waals surface area contributed by atoms with E-state index in [1.807, 2.05) is 61.5 Å². The Hall–Kier alpha value is -2.84. The van der Waals surface area contributed by atoms with Crippen molar-refractivity contribution in [3.63, 3.8) is 0 Å². The Balaban J connectivity index is 1.58. The first-order valence-corrected chi connectivity index (χ1v) is 11.4. The molecule has 7 nitrogen and oxygen atoms in total. The highest BCUT2D eigenvalue weighted by atomic mass is 32.2. The second-order valence-corrected chi connectivity index (χ2v) is 9.19. The average molecular weight is 427 g/mol. The van der Waals surface area contributed by atoms with Crippen LogP contribution in [0.5, 0.6) is 5.75 Å². The number of piperazine rings is 1. The number of rotatable bonds is 5. The minimum atomic E-state index is -3.64. The number of hydrogen-bond acceptors (Lipinski definition) is 5. The van der Waals surface area contributed by atoms with Gasteiger partial charge in [-0.05, 0) is 38.1 Å². The second kappa shape index (κ2) is 8.12. The average Bonchev–Trinajstić information content (AvgIpc) is 3.09. The van der Waals surface area contributed by atoms with Crippen LogP contribution >= 0.6 is 0 Å². The molecule has 8 heteroatoms. The predicted octanol–water partition coefficient (Wildman–Crippen LogP) is 3.01. The molecule has 3 aromatic rings. The van der Waals surface area contributed by atoms with Gasteiger partial charge in [-0.3, -0.25) is 0 Å². The SMILES string of the molecule is COc1ccccc1N1CCN(S(=O)(=O)c2c(C)nn(-c3ccccc3)c2C)CC1. The zero-order chi connectivity index (χ0) is 21.3. The second-order valence-electron chi connectivity index (χ2n) is 7.31. The monoisotopic (exact) mass is 426 g/mol. The predicted molar refractivity (Wildman–Crippen MR) is 117 cm³/mol. The lowest BCUT2D eigenvalue weighted by atomic mass is 10.2. The number of nitrogens with zero attached hydrogens (tertiary/aromatic N) is 4. The van der Waals surface area contributed by atoms with Crippen molar-refractivity contribution in [2.45, 2.75) is 18.7 Å². The summed E-state index contributed by atoms with van der Waals surface area (Å²) in [5.74, 6) is 0.796. The number of hydrogen-bond donors (Lipinski definition) is 0. The van der Waals surface area contributed by atoms with Crippen molar-refractivity contribution in [1.82, 2.24) is 14.1 Å². The maximum Gasteiger partial charge on any atom is 0.246 e. The van der Waals surface area contributed by atoms with E-state index in [0.29, 0.717) is 42.5 Å². The molecular weight excluding hydrogens is 400 g/mol. The third kappa shape index (κ3) is 3.57. The minimum absolute atomic E-state index is 0.303. The van der Waals surface area contributed by atoms with Crippen LogP contribution in [0.4, 0.5) is 5.69 Å². The van der Waals surface area contributed by atoms with E-state index in [0.717, 1.165) is 17.1 Å². The maximum absolute atomic E-state index is 13.5. The molecule has 30 heavy (non-hydrogen) atoms. The molecule has 1 aliphatic rings. The lowest BCUT2D eigenvalue weighted by Crippen LogP contribution is -2.48. The Morgan fingerprint density at radius 1 is 0.900 bits per heavy atom. The molecule has 0 amide bonds. The van der Waals surface area contributed by atoms with E-state index in [4.69, 9.17) is 4.74 Å². The Kier molecular flexibility index (Phi) is 5.53. The molecule has 0 aliphatic carbocycles. The lowest BCUT2D eigenvalue weighted by molar-refractivity contribution is 0.378. The van der Waals surface area contributed by atoms with Gasteiger partial charge in [0.2, 0.25) is 10.0 Å². The fourth-order valence-electron chi connectivity index (χ4n) is 4.01. The van der Waals surface area contributed by atoms with Crippen LogP contribution in [0.3, 0.4) is 0 Å². The molecule has 0 radical (unpaired) electrons. The van der Waals surface area contributed by atoms with Crippen LogP contribution in [-0.4, -0.2) is 55.8 Å². The van der Waals surface area contributed by atoms with E-state index in [1.165, 1.54) is 0 Å². The number of ether oxygens (including phenoxy) is 1. The number of anilines is 1. The maximum atomic E-state index is 13.5. The van der Waals surface area contributed by atoms with E-state index in [9.17, 15) is 8.42 Å². The number of methoxy groups -OCH3 is 1. The fourth-order valence-corrected chi connectivity index (χ4v) is 5.79. The van der Waals surface area contributed by atoms with Crippen molar-refractivity contribution in [3.05, 3.63) is 66.0 Å². The molecular formula is C22H26N4O3S. The molecule has 2 aromatic carbocycles. The summed E-state index contributed by atoms with van der Waals surface area (Å²) in [6, 6.07) is 17.4. The highest BCUT2D eigenvalue weighted by Crippen LogP contribution is 2.30. The molecule has 0 spiro atoms. The van der Waals surface area contributed by atoms with Crippen LogP contribution in [0.1, 0.15) is 11.4 Å². The summed E-state index contributed by atoms with van der Waals surface area (Å²) in [5, 5.41) is 4.51. The Bertz CT molecular complexity index is 1130. The number of aryl methyl sites for hydroxylation is 1. The molecule has 0 atom stereocenters. The summed E-state index contributed by atoms with van der Waals surface area (Å²) in [6.07, 6.45) is 0. The normalized spacial score (nSPS) is 15.4. The van der Waals surface area contributed by atoms with E-state index >= 15 is 0 Å². The number of para-hydroxylation sites is 3. The summed E-state index contributed by atoms with van der Waals surface area (Å²) < 4.78 is 35.7. The van der Waals surface area contributed by atoms with Gasteiger partial charge < -0.3 is 9.64 Å². The van der Waals surface area contributed by atoms with Crippen LogP contribution in [0.25, 0.3) is 5.69 Å². The van der Waals surface area contributed by atoms with Gasteiger partial charge in [-0.1, -0.05) is 30.3 Å². The zero-order valence-corrected chi connectivity index (χ0v) is 18.3. The molecule has 158 valence electrons. The van der Waals surface area contributed by atoms with E-state index < -0.39 is 10.0 Å². The first-order chi connectivity index (χ1) is 14.4. The van der Waals surface area contributed by atoms with Gasteiger partial charge in [0.1, 0.15) is 10.6 Å². The molecule has 1 aliphatic heterocycles. The fraction of sp³-hybridized carbons (Fsp3) is 0.318. The van der Waals surface area contributed by atoms with Crippen molar-refractivity contribution in [2.75, 3.05) is 38.2 Å². The van der Waals surface area contributed by atoms with Gasteiger partial charge in [0.25, 0.3) is 0 Å². The number of sulfonamides is 1. The van der Waals surface area contributed by atoms with Crippen LogP contribution in [0, 0.1) is 13.8 Å². The van der Waals surface area contributed by atoms with Crippen LogP contribution in [0.2, 0.25) is 0 Å². The van der Waals surface area contributed by atoms with Crippen molar-refractivity contribution < 1.29 is 13.2 Å².